The predicted octanol–water partition coefficient (Wildman–Crippen LogP) is 2.34. The summed E-state index contributed by atoms with van der Waals surface area (Å²) in [5.41, 5.74) is 1.40. The molecule has 2 aliphatic rings. The van der Waals surface area contributed by atoms with E-state index >= 15 is 0 Å². The highest BCUT2D eigenvalue weighted by Crippen LogP contribution is 2.25. The van der Waals surface area contributed by atoms with Crippen molar-refractivity contribution in [1.29, 1.82) is 0 Å². The van der Waals surface area contributed by atoms with E-state index in [1.807, 2.05) is 30.3 Å². The first-order valence-electron chi connectivity index (χ1n) is 9.11. The number of amides is 1. The molecular weight excluding hydrogens is 364 g/mol. The zero-order valence-corrected chi connectivity index (χ0v) is 15.7. The number of nitrogens with zero attached hydrogens (tertiary/aromatic N) is 1. The Labute approximate surface area is 159 Å². The van der Waals surface area contributed by atoms with Crippen molar-refractivity contribution in [2.45, 2.75) is 29.9 Å². The molecule has 6 nitrogen and oxygen atoms in total. The smallest absolute Gasteiger partial charge is 0.254 e. The van der Waals surface area contributed by atoms with Crippen LogP contribution in [0.25, 0.3) is 0 Å². The second kappa shape index (κ2) is 7.42. The van der Waals surface area contributed by atoms with Crippen LogP contribution in [-0.4, -0.2) is 45.0 Å². The molecule has 0 spiro atoms. The first-order chi connectivity index (χ1) is 13.0. The lowest BCUT2D eigenvalue weighted by Crippen LogP contribution is -2.42. The van der Waals surface area contributed by atoms with E-state index < -0.39 is 10.0 Å². The number of carbonyl (C=O) groups is 1. The number of rotatable bonds is 5. The summed E-state index contributed by atoms with van der Waals surface area (Å²) in [5, 5.41) is 0. The maximum Gasteiger partial charge on any atom is 0.254 e. The summed E-state index contributed by atoms with van der Waals surface area (Å²) in [6.07, 6.45) is 1.56. The molecule has 4 rings (SSSR count). The molecule has 1 amide bonds. The van der Waals surface area contributed by atoms with Crippen LogP contribution in [0.2, 0.25) is 0 Å². The highest BCUT2D eigenvalue weighted by molar-refractivity contribution is 7.89. The molecule has 1 aliphatic carbocycles. The molecule has 7 heteroatoms. The minimum absolute atomic E-state index is 0.0280. The molecule has 27 heavy (non-hydrogen) atoms. The highest BCUT2D eigenvalue weighted by Gasteiger charge is 2.29. The third-order valence-corrected chi connectivity index (χ3v) is 6.33. The number of sulfonamides is 1. The Kier molecular flexibility index (Phi) is 4.99. The fourth-order valence-electron chi connectivity index (χ4n) is 3.17. The number of hydrogen-bond donors (Lipinski definition) is 1. The van der Waals surface area contributed by atoms with Gasteiger partial charge in [0.15, 0.2) is 0 Å². The van der Waals surface area contributed by atoms with Gasteiger partial charge in [-0.2, -0.15) is 0 Å². The van der Waals surface area contributed by atoms with E-state index in [9.17, 15) is 13.2 Å². The average molecular weight is 386 g/mol. The van der Waals surface area contributed by atoms with Crippen molar-refractivity contribution in [3.8, 4) is 0 Å². The van der Waals surface area contributed by atoms with Crippen molar-refractivity contribution in [2.24, 2.45) is 0 Å². The molecule has 1 saturated carbocycles. The molecule has 0 aromatic heterocycles. The Hall–Kier alpha value is -2.22. The largest absolute Gasteiger partial charge is 0.370 e. The number of carbonyl (C=O) groups excluding carboxylic acids is 1. The minimum Gasteiger partial charge on any atom is -0.370 e. The van der Waals surface area contributed by atoms with Crippen LogP contribution in [0.1, 0.15) is 34.9 Å². The lowest BCUT2D eigenvalue weighted by molar-refractivity contribution is -0.0228. The van der Waals surface area contributed by atoms with Crippen LogP contribution in [0.3, 0.4) is 0 Å². The zero-order chi connectivity index (χ0) is 18.9. The molecule has 1 aliphatic heterocycles. The van der Waals surface area contributed by atoms with Gasteiger partial charge in [0, 0.05) is 18.2 Å². The van der Waals surface area contributed by atoms with Gasteiger partial charge in [0.1, 0.15) is 6.10 Å². The van der Waals surface area contributed by atoms with Crippen LogP contribution in [0, 0.1) is 0 Å². The van der Waals surface area contributed by atoms with Crippen LogP contribution in [-0.2, 0) is 14.8 Å². The molecule has 2 aromatic carbocycles. The van der Waals surface area contributed by atoms with E-state index in [0.29, 0.717) is 25.3 Å². The van der Waals surface area contributed by atoms with Gasteiger partial charge in [-0.05, 0) is 36.6 Å². The summed E-state index contributed by atoms with van der Waals surface area (Å²) in [7, 11) is -3.58. The van der Waals surface area contributed by atoms with Crippen molar-refractivity contribution < 1.29 is 17.9 Å². The molecule has 0 radical (unpaired) electrons. The van der Waals surface area contributed by atoms with Crippen LogP contribution in [0.4, 0.5) is 0 Å². The van der Waals surface area contributed by atoms with Crippen LogP contribution in [0.15, 0.2) is 59.5 Å². The van der Waals surface area contributed by atoms with Crippen LogP contribution < -0.4 is 4.72 Å². The normalized spacial score (nSPS) is 20.4. The Morgan fingerprint density at radius 1 is 1.07 bits per heavy atom. The Bertz CT molecular complexity index is 926. The van der Waals surface area contributed by atoms with Crippen molar-refractivity contribution in [2.75, 3.05) is 19.7 Å². The summed E-state index contributed by atoms with van der Waals surface area (Å²) >= 11 is 0. The molecule has 2 aromatic rings. The predicted molar refractivity (Wildman–Crippen MR) is 101 cm³/mol. The second-order valence-electron chi connectivity index (χ2n) is 6.94. The van der Waals surface area contributed by atoms with Crippen molar-refractivity contribution in [3.63, 3.8) is 0 Å². The second-order valence-corrected chi connectivity index (χ2v) is 8.66. The summed E-state index contributed by atoms with van der Waals surface area (Å²) in [4.78, 5) is 14.8. The molecule has 2 fully saturated rings. The lowest BCUT2D eigenvalue weighted by Gasteiger charge is -2.33. The van der Waals surface area contributed by atoms with Crippen LogP contribution in [0.5, 0.6) is 0 Å². The van der Waals surface area contributed by atoms with Crippen molar-refractivity contribution in [1.82, 2.24) is 9.62 Å². The summed E-state index contributed by atoms with van der Waals surface area (Å²) in [5.74, 6) is -0.178. The Balaban J connectivity index is 1.51. The fraction of sp³-hybridized carbons (Fsp3) is 0.350. The van der Waals surface area contributed by atoms with E-state index in [1.54, 1.807) is 17.0 Å². The summed E-state index contributed by atoms with van der Waals surface area (Å²) < 4.78 is 33.3. The lowest BCUT2D eigenvalue weighted by atomic mass is 10.1. The molecule has 1 atom stereocenters. The average Bonchev–Trinajstić information content (AvgIpc) is 3.51. The van der Waals surface area contributed by atoms with Gasteiger partial charge in [0.25, 0.3) is 5.91 Å². The summed E-state index contributed by atoms with van der Waals surface area (Å²) in [6, 6.07) is 16.1. The van der Waals surface area contributed by atoms with Crippen molar-refractivity contribution >= 4 is 15.9 Å². The number of nitrogens with one attached hydrogen (secondary N) is 1. The monoisotopic (exact) mass is 386 g/mol. The SMILES string of the molecule is O=C(c1cccc(S(=O)(=O)NC2CC2)c1)N1CCOC(c2ccccc2)C1. The van der Waals surface area contributed by atoms with Gasteiger partial charge in [0.05, 0.1) is 18.0 Å². The van der Waals surface area contributed by atoms with Gasteiger partial charge >= 0.3 is 0 Å². The number of ether oxygens (including phenoxy) is 1. The van der Waals surface area contributed by atoms with E-state index in [1.165, 1.54) is 12.1 Å². The molecule has 1 N–H and O–H groups in total. The molecule has 1 saturated heterocycles. The van der Waals surface area contributed by atoms with Gasteiger partial charge in [-0.15, -0.1) is 0 Å². The molecule has 142 valence electrons. The van der Waals surface area contributed by atoms with Gasteiger partial charge in [0.2, 0.25) is 10.0 Å². The Morgan fingerprint density at radius 3 is 2.59 bits per heavy atom. The maximum atomic E-state index is 12.9. The topological polar surface area (TPSA) is 75.7 Å². The highest BCUT2D eigenvalue weighted by atomic mass is 32.2. The number of hydrogen-bond acceptors (Lipinski definition) is 4. The van der Waals surface area contributed by atoms with Gasteiger partial charge < -0.3 is 9.64 Å². The standard InChI is InChI=1S/C20H22N2O4S/c23-20(22-11-12-26-19(14-22)15-5-2-1-3-6-15)16-7-4-8-18(13-16)27(24,25)21-17-9-10-17/h1-8,13,17,19,21H,9-12,14H2. The number of benzene rings is 2. The van der Waals surface area contributed by atoms with Gasteiger partial charge in [-0.1, -0.05) is 36.4 Å². The minimum atomic E-state index is -3.58. The molecular formula is C20H22N2O4S. The summed E-state index contributed by atoms with van der Waals surface area (Å²) in [6.45, 7) is 1.38. The van der Waals surface area contributed by atoms with E-state index in [0.717, 1.165) is 18.4 Å². The van der Waals surface area contributed by atoms with E-state index in [4.69, 9.17) is 4.74 Å². The molecule has 1 unspecified atom stereocenters. The van der Waals surface area contributed by atoms with E-state index in [-0.39, 0.29) is 22.9 Å². The van der Waals surface area contributed by atoms with Crippen LogP contribution >= 0.6 is 0 Å². The third-order valence-electron chi connectivity index (χ3n) is 4.82. The Morgan fingerprint density at radius 2 is 1.85 bits per heavy atom. The quantitative estimate of drug-likeness (QED) is 0.856. The number of morpholine rings is 1. The van der Waals surface area contributed by atoms with Gasteiger partial charge in [-0.3, -0.25) is 4.79 Å². The molecule has 1 heterocycles. The first kappa shape index (κ1) is 18.2. The molecule has 0 bridgehead atoms. The maximum absolute atomic E-state index is 12.9. The fourth-order valence-corrected chi connectivity index (χ4v) is 4.52. The first-order valence-corrected chi connectivity index (χ1v) is 10.6. The van der Waals surface area contributed by atoms with Gasteiger partial charge in [-0.25, -0.2) is 13.1 Å². The van der Waals surface area contributed by atoms with E-state index in [2.05, 4.69) is 4.72 Å². The zero-order valence-electron chi connectivity index (χ0n) is 14.9. The van der Waals surface area contributed by atoms with Crippen molar-refractivity contribution in [3.05, 3.63) is 65.7 Å². The third kappa shape index (κ3) is 4.21.